The van der Waals surface area contributed by atoms with Crippen LogP contribution in [0.1, 0.15) is 31.2 Å². The SMILES string of the molecule is CN(Cc1ccccc1)C1CCC(CN)CC1. The highest BCUT2D eigenvalue weighted by Crippen LogP contribution is 2.26. The molecule has 0 aliphatic heterocycles. The van der Waals surface area contributed by atoms with E-state index in [1.807, 2.05) is 0 Å². The fraction of sp³-hybridized carbons (Fsp3) is 0.600. The lowest BCUT2D eigenvalue weighted by molar-refractivity contribution is 0.161. The van der Waals surface area contributed by atoms with E-state index in [4.69, 9.17) is 5.73 Å². The van der Waals surface area contributed by atoms with Crippen LogP contribution in [0.25, 0.3) is 0 Å². The first-order valence-corrected chi connectivity index (χ1v) is 6.74. The second-order valence-electron chi connectivity index (χ2n) is 5.31. The van der Waals surface area contributed by atoms with Gasteiger partial charge in [-0.25, -0.2) is 0 Å². The van der Waals surface area contributed by atoms with E-state index in [1.54, 1.807) is 0 Å². The molecule has 0 spiro atoms. The van der Waals surface area contributed by atoms with Crippen molar-refractivity contribution in [3.63, 3.8) is 0 Å². The summed E-state index contributed by atoms with van der Waals surface area (Å²) in [6.45, 7) is 1.94. The number of nitrogens with zero attached hydrogens (tertiary/aromatic N) is 1. The molecule has 0 atom stereocenters. The second kappa shape index (κ2) is 6.18. The minimum Gasteiger partial charge on any atom is -0.330 e. The number of hydrogen-bond donors (Lipinski definition) is 1. The molecule has 0 heterocycles. The van der Waals surface area contributed by atoms with E-state index in [2.05, 4.69) is 42.3 Å². The van der Waals surface area contributed by atoms with Crippen molar-refractivity contribution in [3.05, 3.63) is 35.9 Å². The molecule has 2 rings (SSSR count). The van der Waals surface area contributed by atoms with Gasteiger partial charge in [0.25, 0.3) is 0 Å². The Labute approximate surface area is 105 Å². The maximum atomic E-state index is 5.73. The van der Waals surface area contributed by atoms with Crippen LogP contribution >= 0.6 is 0 Å². The van der Waals surface area contributed by atoms with E-state index in [0.29, 0.717) is 0 Å². The van der Waals surface area contributed by atoms with Crippen LogP contribution in [0.5, 0.6) is 0 Å². The Hall–Kier alpha value is -0.860. The van der Waals surface area contributed by atoms with Crippen molar-refractivity contribution in [2.75, 3.05) is 13.6 Å². The molecule has 2 heteroatoms. The molecule has 1 aliphatic carbocycles. The number of hydrogen-bond acceptors (Lipinski definition) is 2. The van der Waals surface area contributed by atoms with Crippen LogP contribution in [0.4, 0.5) is 0 Å². The minimum absolute atomic E-state index is 0.748. The van der Waals surface area contributed by atoms with Crippen molar-refractivity contribution in [2.24, 2.45) is 11.7 Å². The van der Waals surface area contributed by atoms with Crippen LogP contribution in [0, 0.1) is 5.92 Å². The Morgan fingerprint density at radius 2 is 1.76 bits per heavy atom. The number of benzene rings is 1. The maximum absolute atomic E-state index is 5.73. The molecule has 0 radical (unpaired) electrons. The third kappa shape index (κ3) is 3.55. The number of nitrogens with two attached hydrogens (primary N) is 1. The maximum Gasteiger partial charge on any atom is 0.0233 e. The lowest BCUT2D eigenvalue weighted by atomic mass is 9.85. The summed E-state index contributed by atoms with van der Waals surface area (Å²) in [5.74, 6) is 0.774. The topological polar surface area (TPSA) is 29.3 Å². The smallest absolute Gasteiger partial charge is 0.0233 e. The van der Waals surface area contributed by atoms with Crippen molar-refractivity contribution >= 4 is 0 Å². The van der Waals surface area contributed by atoms with Gasteiger partial charge in [-0.2, -0.15) is 0 Å². The van der Waals surface area contributed by atoms with E-state index < -0.39 is 0 Å². The van der Waals surface area contributed by atoms with Gasteiger partial charge >= 0.3 is 0 Å². The van der Waals surface area contributed by atoms with Crippen LogP contribution in [0.15, 0.2) is 30.3 Å². The van der Waals surface area contributed by atoms with Crippen LogP contribution in [-0.4, -0.2) is 24.5 Å². The molecule has 1 saturated carbocycles. The van der Waals surface area contributed by atoms with Crippen LogP contribution in [0.2, 0.25) is 0 Å². The van der Waals surface area contributed by atoms with Gasteiger partial charge in [-0.3, -0.25) is 4.90 Å². The Kier molecular flexibility index (Phi) is 4.57. The summed E-state index contributed by atoms with van der Waals surface area (Å²) in [4.78, 5) is 2.50. The molecule has 1 aromatic rings. The van der Waals surface area contributed by atoms with Gasteiger partial charge in [-0.05, 0) is 50.8 Å². The van der Waals surface area contributed by atoms with Gasteiger partial charge in [0.2, 0.25) is 0 Å². The summed E-state index contributed by atoms with van der Waals surface area (Å²) < 4.78 is 0. The van der Waals surface area contributed by atoms with Gasteiger partial charge in [0, 0.05) is 12.6 Å². The summed E-state index contributed by atoms with van der Waals surface area (Å²) >= 11 is 0. The zero-order valence-electron chi connectivity index (χ0n) is 10.8. The highest BCUT2D eigenvalue weighted by Gasteiger charge is 2.22. The third-order valence-electron chi connectivity index (χ3n) is 4.05. The quantitative estimate of drug-likeness (QED) is 0.864. The zero-order chi connectivity index (χ0) is 12.1. The van der Waals surface area contributed by atoms with Crippen LogP contribution in [0.3, 0.4) is 0 Å². The molecule has 0 unspecified atom stereocenters. The summed E-state index contributed by atoms with van der Waals surface area (Å²) in [6.07, 6.45) is 5.23. The van der Waals surface area contributed by atoms with Crippen molar-refractivity contribution < 1.29 is 0 Å². The molecule has 1 fully saturated rings. The minimum atomic E-state index is 0.748. The zero-order valence-corrected chi connectivity index (χ0v) is 10.8. The lowest BCUT2D eigenvalue weighted by Gasteiger charge is -2.34. The normalized spacial score (nSPS) is 25.1. The summed E-state index contributed by atoms with van der Waals surface area (Å²) in [5, 5.41) is 0. The first-order chi connectivity index (χ1) is 8.29. The third-order valence-corrected chi connectivity index (χ3v) is 4.05. The highest BCUT2D eigenvalue weighted by molar-refractivity contribution is 5.14. The first kappa shape index (κ1) is 12.6. The molecule has 0 amide bonds. The van der Waals surface area contributed by atoms with Crippen LogP contribution < -0.4 is 5.73 Å². The fourth-order valence-corrected chi connectivity index (χ4v) is 2.82. The molecule has 0 aromatic heterocycles. The second-order valence-corrected chi connectivity index (χ2v) is 5.31. The van der Waals surface area contributed by atoms with Gasteiger partial charge in [0.15, 0.2) is 0 Å². The molecule has 2 nitrogen and oxygen atoms in total. The summed E-state index contributed by atoms with van der Waals surface area (Å²) in [6, 6.07) is 11.5. The molecular formula is C15H24N2. The Morgan fingerprint density at radius 3 is 2.35 bits per heavy atom. The largest absolute Gasteiger partial charge is 0.330 e. The molecule has 0 saturated heterocycles. The first-order valence-electron chi connectivity index (χ1n) is 6.74. The van der Waals surface area contributed by atoms with Crippen molar-refractivity contribution in [1.29, 1.82) is 0 Å². The van der Waals surface area contributed by atoms with E-state index in [0.717, 1.165) is 25.0 Å². The Balaban J connectivity index is 1.83. The molecule has 2 N–H and O–H groups in total. The molecule has 1 aromatic carbocycles. The Bertz CT molecular complexity index is 315. The van der Waals surface area contributed by atoms with Gasteiger partial charge in [0.1, 0.15) is 0 Å². The van der Waals surface area contributed by atoms with Crippen molar-refractivity contribution in [3.8, 4) is 0 Å². The van der Waals surface area contributed by atoms with E-state index in [9.17, 15) is 0 Å². The fourth-order valence-electron chi connectivity index (χ4n) is 2.82. The van der Waals surface area contributed by atoms with Gasteiger partial charge in [0.05, 0.1) is 0 Å². The lowest BCUT2D eigenvalue weighted by Crippen LogP contribution is -2.36. The average molecular weight is 232 g/mol. The molecule has 94 valence electrons. The average Bonchev–Trinajstić information content (AvgIpc) is 2.40. The molecule has 0 bridgehead atoms. The van der Waals surface area contributed by atoms with E-state index in [-0.39, 0.29) is 0 Å². The molecule has 17 heavy (non-hydrogen) atoms. The Morgan fingerprint density at radius 1 is 1.12 bits per heavy atom. The van der Waals surface area contributed by atoms with Gasteiger partial charge in [-0.15, -0.1) is 0 Å². The predicted octanol–water partition coefficient (Wildman–Crippen LogP) is 2.64. The monoisotopic (exact) mass is 232 g/mol. The van der Waals surface area contributed by atoms with Crippen molar-refractivity contribution in [1.82, 2.24) is 4.90 Å². The molecule has 1 aliphatic rings. The summed E-state index contributed by atoms with van der Waals surface area (Å²) in [7, 11) is 2.25. The van der Waals surface area contributed by atoms with Crippen molar-refractivity contribution in [2.45, 2.75) is 38.3 Å². The molecular weight excluding hydrogens is 208 g/mol. The standard InChI is InChI=1S/C15H24N2/c1-17(12-14-5-3-2-4-6-14)15-9-7-13(11-16)8-10-15/h2-6,13,15H,7-12,16H2,1H3. The number of rotatable bonds is 4. The van der Waals surface area contributed by atoms with E-state index >= 15 is 0 Å². The predicted molar refractivity (Wildman–Crippen MR) is 72.7 cm³/mol. The van der Waals surface area contributed by atoms with Gasteiger partial charge < -0.3 is 5.73 Å². The summed E-state index contributed by atoms with van der Waals surface area (Å²) in [5.41, 5.74) is 7.15. The van der Waals surface area contributed by atoms with Gasteiger partial charge in [-0.1, -0.05) is 30.3 Å². The highest BCUT2D eigenvalue weighted by atomic mass is 15.1. The van der Waals surface area contributed by atoms with E-state index in [1.165, 1.54) is 31.2 Å². The van der Waals surface area contributed by atoms with Crippen LogP contribution in [-0.2, 0) is 6.54 Å².